The van der Waals surface area contributed by atoms with E-state index in [1.165, 1.54) is 0 Å². The second kappa shape index (κ2) is 4.49. The van der Waals surface area contributed by atoms with Gasteiger partial charge in [0.1, 0.15) is 6.04 Å². The minimum atomic E-state index is -0.0331. The molecule has 0 aliphatic carbocycles. The number of nitrogens with zero attached hydrogens (tertiary/aromatic N) is 1. The molecule has 2 atom stereocenters. The summed E-state index contributed by atoms with van der Waals surface area (Å²) >= 11 is 0. The quantitative estimate of drug-likeness (QED) is 0.672. The molecule has 0 radical (unpaired) electrons. The predicted octanol–water partition coefficient (Wildman–Crippen LogP) is 0.361. The van der Waals surface area contributed by atoms with E-state index in [0.29, 0.717) is 12.5 Å². The zero-order valence-corrected chi connectivity index (χ0v) is 9.32. The Balaban J connectivity index is 1.85. The molecule has 2 unspecified atom stereocenters. The fraction of sp³-hybridized carbons (Fsp3) is 0.909. The van der Waals surface area contributed by atoms with Crippen LogP contribution in [0.4, 0.5) is 0 Å². The Bertz CT molecular complexity index is 235. The molecule has 2 saturated heterocycles. The lowest BCUT2D eigenvalue weighted by Crippen LogP contribution is -2.46. The van der Waals surface area contributed by atoms with E-state index in [0.717, 1.165) is 32.4 Å². The number of nitrogens with two attached hydrogens (primary N) is 1. The maximum Gasteiger partial charge on any atom is 0.323 e. The first kappa shape index (κ1) is 10.9. The molecule has 2 aliphatic heterocycles. The molecule has 2 aliphatic rings. The van der Waals surface area contributed by atoms with Crippen molar-refractivity contribution in [1.29, 1.82) is 0 Å². The average molecular weight is 212 g/mol. The third kappa shape index (κ3) is 2.32. The highest BCUT2D eigenvalue weighted by molar-refractivity contribution is 5.77. The van der Waals surface area contributed by atoms with Crippen LogP contribution in [0.15, 0.2) is 0 Å². The van der Waals surface area contributed by atoms with Gasteiger partial charge in [0, 0.05) is 12.5 Å². The van der Waals surface area contributed by atoms with Gasteiger partial charge >= 0.3 is 5.97 Å². The molecule has 4 nitrogen and oxygen atoms in total. The van der Waals surface area contributed by atoms with Crippen molar-refractivity contribution < 1.29 is 9.53 Å². The monoisotopic (exact) mass is 212 g/mol. The number of hydrogen-bond acceptors (Lipinski definition) is 4. The van der Waals surface area contributed by atoms with Crippen molar-refractivity contribution in [3.05, 3.63) is 0 Å². The highest BCUT2D eigenvalue weighted by atomic mass is 16.5. The number of carbonyl (C=O) groups excluding carboxylic acids is 1. The van der Waals surface area contributed by atoms with Gasteiger partial charge in [-0.3, -0.25) is 9.69 Å². The number of esters is 1. The van der Waals surface area contributed by atoms with Crippen LogP contribution < -0.4 is 5.73 Å². The number of ether oxygens (including phenoxy) is 1. The summed E-state index contributed by atoms with van der Waals surface area (Å²) < 4.78 is 4.99. The minimum Gasteiger partial charge on any atom is -0.464 e. The van der Waals surface area contributed by atoms with Gasteiger partial charge in [0.05, 0.1) is 6.61 Å². The molecule has 0 spiro atoms. The van der Waals surface area contributed by atoms with Gasteiger partial charge in [-0.25, -0.2) is 0 Å². The predicted molar refractivity (Wildman–Crippen MR) is 57.3 cm³/mol. The van der Waals surface area contributed by atoms with Crippen molar-refractivity contribution >= 4 is 5.97 Å². The SMILES string of the molecule is CC(N)C1CCN(C2CCOC2=O)CC1. The Morgan fingerprint density at radius 1 is 1.40 bits per heavy atom. The van der Waals surface area contributed by atoms with Crippen LogP contribution in [0.1, 0.15) is 26.2 Å². The van der Waals surface area contributed by atoms with E-state index in [2.05, 4.69) is 11.8 Å². The van der Waals surface area contributed by atoms with Crippen LogP contribution >= 0.6 is 0 Å². The summed E-state index contributed by atoms with van der Waals surface area (Å²) in [6.45, 7) is 4.65. The summed E-state index contributed by atoms with van der Waals surface area (Å²) in [6.07, 6.45) is 3.09. The molecule has 15 heavy (non-hydrogen) atoms. The van der Waals surface area contributed by atoms with E-state index < -0.39 is 0 Å². The molecule has 0 aromatic carbocycles. The van der Waals surface area contributed by atoms with Gasteiger partial charge in [0.2, 0.25) is 0 Å². The first-order chi connectivity index (χ1) is 7.18. The Kier molecular flexibility index (Phi) is 3.26. The van der Waals surface area contributed by atoms with Crippen LogP contribution in [0.2, 0.25) is 0 Å². The van der Waals surface area contributed by atoms with Gasteiger partial charge in [-0.1, -0.05) is 0 Å². The first-order valence-electron chi connectivity index (χ1n) is 5.85. The molecule has 2 rings (SSSR count). The van der Waals surface area contributed by atoms with Crippen molar-refractivity contribution in [2.75, 3.05) is 19.7 Å². The van der Waals surface area contributed by atoms with Gasteiger partial charge in [-0.2, -0.15) is 0 Å². The van der Waals surface area contributed by atoms with E-state index >= 15 is 0 Å². The van der Waals surface area contributed by atoms with E-state index in [-0.39, 0.29) is 18.1 Å². The number of rotatable bonds is 2. The second-order valence-corrected chi connectivity index (χ2v) is 4.70. The Labute approximate surface area is 90.8 Å². The number of piperidine rings is 1. The number of carbonyl (C=O) groups is 1. The fourth-order valence-electron chi connectivity index (χ4n) is 2.57. The van der Waals surface area contributed by atoms with Gasteiger partial charge in [-0.05, 0) is 38.8 Å². The average Bonchev–Trinajstić information content (AvgIpc) is 2.65. The van der Waals surface area contributed by atoms with Gasteiger partial charge in [0.15, 0.2) is 0 Å². The molecule has 0 bridgehead atoms. The van der Waals surface area contributed by atoms with Crippen molar-refractivity contribution in [3.63, 3.8) is 0 Å². The summed E-state index contributed by atoms with van der Waals surface area (Å²) in [5.74, 6) is 0.591. The van der Waals surface area contributed by atoms with Gasteiger partial charge in [0.25, 0.3) is 0 Å². The van der Waals surface area contributed by atoms with E-state index in [1.54, 1.807) is 0 Å². The molecule has 2 heterocycles. The molecular formula is C11H20N2O2. The topological polar surface area (TPSA) is 55.6 Å². The lowest BCUT2D eigenvalue weighted by molar-refractivity contribution is -0.142. The maximum absolute atomic E-state index is 11.4. The van der Waals surface area contributed by atoms with Crippen LogP contribution in [0.3, 0.4) is 0 Å². The highest BCUT2D eigenvalue weighted by Gasteiger charge is 2.34. The van der Waals surface area contributed by atoms with Crippen LogP contribution in [-0.4, -0.2) is 42.6 Å². The van der Waals surface area contributed by atoms with Crippen LogP contribution in [0.25, 0.3) is 0 Å². The maximum atomic E-state index is 11.4. The molecule has 2 N–H and O–H groups in total. The lowest BCUT2D eigenvalue weighted by Gasteiger charge is -2.35. The summed E-state index contributed by atoms with van der Waals surface area (Å²) in [7, 11) is 0. The molecule has 0 saturated carbocycles. The van der Waals surface area contributed by atoms with Crippen LogP contribution in [-0.2, 0) is 9.53 Å². The number of cyclic esters (lactones) is 1. The smallest absolute Gasteiger partial charge is 0.323 e. The lowest BCUT2D eigenvalue weighted by atomic mass is 9.90. The molecule has 86 valence electrons. The third-order valence-electron chi connectivity index (χ3n) is 3.67. The molecule has 4 heteroatoms. The first-order valence-corrected chi connectivity index (χ1v) is 5.85. The zero-order valence-electron chi connectivity index (χ0n) is 9.32. The number of hydrogen-bond donors (Lipinski definition) is 1. The Morgan fingerprint density at radius 2 is 2.07 bits per heavy atom. The van der Waals surface area contributed by atoms with Crippen molar-refractivity contribution in [3.8, 4) is 0 Å². The fourth-order valence-corrected chi connectivity index (χ4v) is 2.57. The second-order valence-electron chi connectivity index (χ2n) is 4.70. The molecular weight excluding hydrogens is 192 g/mol. The van der Waals surface area contributed by atoms with Crippen molar-refractivity contribution in [1.82, 2.24) is 4.90 Å². The summed E-state index contributed by atoms with van der Waals surface area (Å²) in [4.78, 5) is 13.7. The summed E-state index contributed by atoms with van der Waals surface area (Å²) in [5, 5.41) is 0. The third-order valence-corrected chi connectivity index (χ3v) is 3.67. The molecule has 2 fully saturated rings. The van der Waals surface area contributed by atoms with Crippen molar-refractivity contribution in [2.45, 2.75) is 38.3 Å². The summed E-state index contributed by atoms with van der Waals surface area (Å²) in [5.41, 5.74) is 5.88. The Morgan fingerprint density at radius 3 is 2.53 bits per heavy atom. The standard InChI is InChI=1S/C11H20N2O2/c1-8(12)9-2-5-13(6-3-9)10-4-7-15-11(10)14/h8-10H,2-7,12H2,1H3. The molecule has 0 amide bonds. The van der Waals surface area contributed by atoms with E-state index in [4.69, 9.17) is 10.5 Å². The molecule has 0 aromatic rings. The van der Waals surface area contributed by atoms with Gasteiger partial charge < -0.3 is 10.5 Å². The van der Waals surface area contributed by atoms with Crippen LogP contribution in [0.5, 0.6) is 0 Å². The van der Waals surface area contributed by atoms with Crippen molar-refractivity contribution in [2.24, 2.45) is 11.7 Å². The van der Waals surface area contributed by atoms with Gasteiger partial charge in [-0.15, -0.1) is 0 Å². The normalized spacial score (nSPS) is 31.6. The van der Waals surface area contributed by atoms with E-state index in [1.807, 2.05) is 0 Å². The summed E-state index contributed by atoms with van der Waals surface area (Å²) in [6, 6.07) is 0.307. The minimum absolute atomic E-state index is 0.0269. The zero-order chi connectivity index (χ0) is 10.8. The highest BCUT2D eigenvalue weighted by Crippen LogP contribution is 2.24. The Hall–Kier alpha value is -0.610. The number of likely N-dealkylation sites (tertiary alicyclic amines) is 1. The van der Waals surface area contributed by atoms with E-state index in [9.17, 15) is 4.79 Å². The van der Waals surface area contributed by atoms with Crippen LogP contribution in [0, 0.1) is 5.92 Å². The largest absolute Gasteiger partial charge is 0.464 e. The molecule has 0 aromatic heterocycles.